The van der Waals surface area contributed by atoms with Gasteiger partial charge in [-0.3, -0.25) is 0 Å². The number of nitrogens with zero attached hydrogens (tertiary/aromatic N) is 1. The Morgan fingerprint density at radius 3 is 2.33 bits per heavy atom. The van der Waals surface area contributed by atoms with E-state index in [1.54, 1.807) is 13.0 Å². The molecule has 1 heterocycles. The molecule has 18 heavy (non-hydrogen) atoms. The topological polar surface area (TPSA) is 43.7 Å². The normalized spacial score (nSPS) is 26.1. The van der Waals surface area contributed by atoms with Crippen molar-refractivity contribution in [3.63, 3.8) is 0 Å². The SMILES string of the molecule is CC1CC(C)CN(c2ccc(C(C)O)c(O)c2)C1. The van der Waals surface area contributed by atoms with Crippen molar-refractivity contribution in [2.45, 2.75) is 33.3 Å². The molecule has 3 nitrogen and oxygen atoms in total. The van der Waals surface area contributed by atoms with Gasteiger partial charge in [0, 0.05) is 30.4 Å². The monoisotopic (exact) mass is 249 g/mol. The van der Waals surface area contributed by atoms with Gasteiger partial charge in [0.1, 0.15) is 5.75 Å². The Hall–Kier alpha value is -1.22. The zero-order valence-corrected chi connectivity index (χ0v) is 11.4. The van der Waals surface area contributed by atoms with Crippen molar-refractivity contribution < 1.29 is 10.2 Å². The highest BCUT2D eigenvalue weighted by Gasteiger charge is 2.22. The van der Waals surface area contributed by atoms with Crippen LogP contribution in [-0.4, -0.2) is 23.3 Å². The summed E-state index contributed by atoms with van der Waals surface area (Å²) in [6.07, 6.45) is 0.645. The lowest BCUT2D eigenvalue weighted by molar-refractivity contribution is 0.195. The van der Waals surface area contributed by atoms with Crippen LogP contribution in [0.25, 0.3) is 0 Å². The number of hydrogen-bond donors (Lipinski definition) is 2. The minimum absolute atomic E-state index is 0.188. The molecular weight excluding hydrogens is 226 g/mol. The van der Waals surface area contributed by atoms with Gasteiger partial charge in [-0.05, 0) is 31.2 Å². The number of phenolic OH excluding ortho intramolecular Hbond substituents is 1. The number of aliphatic hydroxyl groups excluding tert-OH is 1. The molecule has 0 spiro atoms. The summed E-state index contributed by atoms with van der Waals surface area (Å²) >= 11 is 0. The molecule has 0 bridgehead atoms. The predicted octanol–water partition coefficient (Wildman–Crippen LogP) is 2.93. The summed E-state index contributed by atoms with van der Waals surface area (Å²) in [5.41, 5.74) is 1.65. The number of piperidine rings is 1. The summed E-state index contributed by atoms with van der Waals surface area (Å²) in [4.78, 5) is 2.32. The number of hydrogen-bond acceptors (Lipinski definition) is 3. The molecular formula is C15H23NO2. The average molecular weight is 249 g/mol. The smallest absolute Gasteiger partial charge is 0.123 e. The van der Waals surface area contributed by atoms with Gasteiger partial charge in [0.25, 0.3) is 0 Å². The fourth-order valence-electron chi connectivity index (χ4n) is 2.96. The summed E-state index contributed by atoms with van der Waals surface area (Å²) in [7, 11) is 0. The maximum Gasteiger partial charge on any atom is 0.123 e. The first kappa shape index (κ1) is 13.2. The van der Waals surface area contributed by atoms with Crippen molar-refractivity contribution in [1.29, 1.82) is 0 Å². The largest absolute Gasteiger partial charge is 0.507 e. The summed E-state index contributed by atoms with van der Waals surface area (Å²) < 4.78 is 0. The predicted molar refractivity (Wildman–Crippen MR) is 73.9 cm³/mol. The van der Waals surface area contributed by atoms with Crippen LogP contribution in [0.2, 0.25) is 0 Å². The molecule has 2 N–H and O–H groups in total. The molecule has 1 fully saturated rings. The molecule has 1 aliphatic rings. The first-order chi connectivity index (χ1) is 8.47. The molecule has 0 radical (unpaired) electrons. The van der Waals surface area contributed by atoms with Crippen LogP contribution in [0.5, 0.6) is 5.75 Å². The summed E-state index contributed by atoms with van der Waals surface area (Å²) in [6.45, 7) is 8.29. The first-order valence-corrected chi connectivity index (χ1v) is 6.73. The third kappa shape index (κ3) is 2.78. The van der Waals surface area contributed by atoms with Gasteiger partial charge in [-0.25, -0.2) is 0 Å². The van der Waals surface area contributed by atoms with Gasteiger partial charge in [0.05, 0.1) is 6.10 Å². The number of aromatic hydroxyl groups is 1. The van der Waals surface area contributed by atoms with E-state index in [-0.39, 0.29) is 5.75 Å². The van der Waals surface area contributed by atoms with Crippen molar-refractivity contribution in [1.82, 2.24) is 0 Å². The molecule has 2 rings (SSSR count). The van der Waals surface area contributed by atoms with E-state index >= 15 is 0 Å². The maximum atomic E-state index is 9.94. The second-order valence-corrected chi connectivity index (χ2v) is 5.77. The van der Waals surface area contributed by atoms with Gasteiger partial charge in [-0.1, -0.05) is 19.9 Å². The van der Waals surface area contributed by atoms with E-state index in [0.717, 1.165) is 18.8 Å². The van der Waals surface area contributed by atoms with Crippen LogP contribution >= 0.6 is 0 Å². The van der Waals surface area contributed by atoms with Gasteiger partial charge in [0.15, 0.2) is 0 Å². The molecule has 1 saturated heterocycles. The Kier molecular flexibility index (Phi) is 3.81. The molecule has 1 aromatic rings. The zero-order valence-electron chi connectivity index (χ0n) is 11.4. The molecule has 100 valence electrons. The van der Waals surface area contributed by atoms with Crippen molar-refractivity contribution in [3.05, 3.63) is 23.8 Å². The first-order valence-electron chi connectivity index (χ1n) is 6.73. The maximum absolute atomic E-state index is 9.94. The Morgan fingerprint density at radius 1 is 1.22 bits per heavy atom. The summed E-state index contributed by atoms with van der Waals surface area (Å²) in [5, 5.41) is 19.5. The Balaban J connectivity index is 2.21. The van der Waals surface area contributed by atoms with Gasteiger partial charge in [-0.15, -0.1) is 0 Å². The molecule has 3 unspecified atom stereocenters. The van der Waals surface area contributed by atoms with E-state index in [2.05, 4.69) is 18.7 Å². The van der Waals surface area contributed by atoms with Crippen molar-refractivity contribution in [3.8, 4) is 5.75 Å². The second kappa shape index (κ2) is 5.19. The van der Waals surface area contributed by atoms with E-state index in [1.807, 2.05) is 12.1 Å². The molecule has 0 aromatic heterocycles. The summed E-state index contributed by atoms with van der Waals surface area (Å²) in [6, 6.07) is 5.58. The van der Waals surface area contributed by atoms with Crippen molar-refractivity contribution >= 4 is 5.69 Å². The number of phenols is 1. The van der Waals surface area contributed by atoms with Crippen LogP contribution in [0.15, 0.2) is 18.2 Å². The van der Waals surface area contributed by atoms with Crippen LogP contribution in [0.4, 0.5) is 5.69 Å². The Bertz CT molecular complexity index is 407. The average Bonchev–Trinajstić information content (AvgIpc) is 2.26. The zero-order chi connectivity index (χ0) is 13.3. The van der Waals surface area contributed by atoms with Gasteiger partial charge in [-0.2, -0.15) is 0 Å². The summed E-state index contributed by atoms with van der Waals surface area (Å²) in [5.74, 6) is 1.56. The van der Waals surface area contributed by atoms with E-state index < -0.39 is 6.10 Å². The molecule has 3 heteroatoms. The highest BCUT2D eigenvalue weighted by molar-refractivity contribution is 5.54. The van der Waals surface area contributed by atoms with E-state index in [9.17, 15) is 10.2 Å². The highest BCUT2D eigenvalue weighted by atomic mass is 16.3. The quantitative estimate of drug-likeness (QED) is 0.847. The third-order valence-electron chi connectivity index (χ3n) is 3.70. The van der Waals surface area contributed by atoms with Gasteiger partial charge >= 0.3 is 0 Å². The van der Waals surface area contributed by atoms with Crippen LogP contribution in [0.3, 0.4) is 0 Å². The molecule has 1 aliphatic heterocycles. The molecule has 1 aromatic carbocycles. The van der Waals surface area contributed by atoms with Crippen LogP contribution in [-0.2, 0) is 0 Å². The van der Waals surface area contributed by atoms with E-state index in [1.165, 1.54) is 6.42 Å². The van der Waals surface area contributed by atoms with Crippen LogP contribution < -0.4 is 4.90 Å². The van der Waals surface area contributed by atoms with E-state index in [4.69, 9.17) is 0 Å². The molecule has 3 atom stereocenters. The number of aliphatic hydroxyl groups is 1. The number of anilines is 1. The van der Waals surface area contributed by atoms with E-state index in [0.29, 0.717) is 17.4 Å². The third-order valence-corrected chi connectivity index (χ3v) is 3.70. The van der Waals surface area contributed by atoms with Gasteiger partial charge in [0.2, 0.25) is 0 Å². The molecule has 0 saturated carbocycles. The molecule has 0 aliphatic carbocycles. The van der Waals surface area contributed by atoms with Crippen LogP contribution in [0, 0.1) is 11.8 Å². The Morgan fingerprint density at radius 2 is 1.83 bits per heavy atom. The second-order valence-electron chi connectivity index (χ2n) is 5.77. The standard InChI is InChI=1S/C15H23NO2/c1-10-6-11(2)9-16(8-10)13-4-5-14(12(3)17)15(18)7-13/h4-5,7,10-12,17-18H,6,8-9H2,1-3H3. The Labute approximate surface area is 109 Å². The highest BCUT2D eigenvalue weighted by Crippen LogP contribution is 2.32. The fraction of sp³-hybridized carbons (Fsp3) is 0.600. The number of benzene rings is 1. The fourth-order valence-corrected chi connectivity index (χ4v) is 2.96. The number of rotatable bonds is 2. The van der Waals surface area contributed by atoms with Crippen molar-refractivity contribution in [2.24, 2.45) is 11.8 Å². The lowest BCUT2D eigenvalue weighted by atomic mass is 9.91. The minimum atomic E-state index is -0.627. The lowest BCUT2D eigenvalue weighted by Crippen LogP contribution is -2.38. The van der Waals surface area contributed by atoms with Crippen LogP contribution in [0.1, 0.15) is 38.9 Å². The lowest BCUT2D eigenvalue weighted by Gasteiger charge is -2.36. The minimum Gasteiger partial charge on any atom is -0.507 e. The molecule has 0 amide bonds. The van der Waals surface area contributed by atoms with Gasteiger partial charge < -0.3 is 15.1 Å². The van der Waals surface area contributed by atoms with Crippen molar-refractivity contribution in [2.75, 3.05) is 18.0 Å².